The van der Waals surface area contributed by atoms with Crippen LogP contribution in [0.4, 0.5) is 0 Å². The molecular formula is C33H54BN3O3. The predicted molar refractivity (Wildman–Crippen MR) is 172 cm³/mol. The maximum Gasteiger partial charge on any atom is 0.631 e. The predicted octanol–water partition coefficient (Wildman–Crippen LogP) is 5.53. The van der Waals surface area contributed by atoms with E-state index >= 15 is 0 Å². The maximum absolute atomic E-state index is 7.17. The van der Waals surface area contributed by atoms with Crippen LogP contribution in [0, 0.1) is 0 Å². The zero-order chi connectivity index (χ0) is 30.0. The van der Waals surface area contributed by atoms with Gasteiger partial charge in [-0.2, -0.15) is 0 Å². The van der Waals surface area contributed by atoms with Crippen molar-refractivity contribution in [3.63, 3.8) is 0 Å². The molecule has 0 amide bonds. The molecule has 0 bridgehead atoms. The first-order valence-electron chi connectivity index (χ1n) is 14.7. The van der Waals surface area contributed by atoms with Crippen LogP contribution in [0.2, 0.25) is 0 Å². The van der Waals surface area contributed by atoms with E-state index in [9.17, 15) is 0 Å². The Kier molecular flexibility index (Phi) is 23.9. The summed E-state index contributed by atoms with van der Waals surface area (Å²) in [4.78, 5) is 7.24. The molecule has 0 aromatic heterocycles. The van der Waals surface area contributed by atoms with E-state index in [-0.39, 0.29) is 0 Å². The van der Waals surface area contributed by atoms with E-state index in [4.69, 9.17) is 15.1 Å². The Labute approximate surface area is 245 Å². The second-order valence-electron chi connectivity index (χ2n) is 9.19. The number of hydrogen-bond donors (Lipinski definition) is 3. The molecule has 3 aromatic rings. The highest BCUT2D eigenvalue weighted by Crippen LogP contribution is 2.04. The van der Waals surface area contributed by atoms with E-state index in [1.807, 2.05) is 0 Å². The minimum absolute atomic E-state index is 1.08. The fourth-order valence-corrected chi connectivity index (χ4v) is 3.87. The van der Waals surface area contributed by atoms with E-state index in [2.05, 4.69) is 147 Å². The van der Waals surface area contributed by atoms with Gasteiger partial charge in [-0.3, -0.25) is 14.7 Å². The van der Waals surface area contributed by atoms with Gasteiger partial charge in [-0.15, -0.1) is 0 Å². The smallest absolute Gasteiger partial charge is 0.402 e. The summed E-state index contributed by atoms with van der Waals surface area (Å²) in [6, 6.07) is 31.8. The van der Waals surface area contributed by atoms with E-state index < -0.39 is 7.32 Å². The first kappa shape index (κ1) is 37.5. The molecule has 0 atom stereocenters. The average molecular weight is 552 g/mol. The van der Waals surface area contributed by atoms with Gasteiger partial charge in [0.05, 0.1) is 0 Å². The molecule has 7 heteroatoms. The fourth-order valence-electron chi connectivity index (χ4n) is 3.87. The van der Waals surface area contributed by atoms with Gasteiger partial charge in [-0.25, -0.2) is 0 Å². The summed E-state index contributed by atoms with van der Waals surface area (Å²) in [6.07, 6.45) is 0. The van der Waals surface area contributed by atoms with Crippen LogP contribution in [-0.4, -0.2) is 76.4 Å². The summed E-state index contributed by atoms with van der Waals surface area (Å²) in [6.45, 7) is 23.2. The third-order valence-corrected chi connectivity index (χ3v) is 6.43. The van der Waals surface area contributed by atoms with Crippen molar-refractivity contribution in [1.29, 1.82) is 0 Å². The normalized spacial score (nSPS) is 10.2. The van der Waals surface area contributed by atoms with Crippen LogP contribution >= 0.6 is 0 Å². The second kappa shape index (κ2) is 25.5. The monoisotopic (exact) mass is 551 g/mol. The molecule has 0 saturated carbocycles. The van der Waals surface area contributed by atoms with Crippen molar-refractivity contribution in [3.8, 4) is 0 Å². The lowest BCUT2D eigenvalue weighted by Crippen LogP contribution is -2.21. The molecule has 0 unspecified atom stereocenters. The standard InChI is InChI=1S/3C11H17N.BH3O3/c3*1-3-12(4-2)10-11-8-6-5-7-9-11;2-1(3)4/h3*5-9H,3-4,10H2,1-2H3;2-4H. The van der Waals surface area contributed by atoms with Crippen molar-refractivity contribution in [2.45, 2.75) is 61.2 Å². The molecule has 0 heterocycles. The third-order valence-electron chi connectivity index (χ3n) is 6.43. The van der Waals surface area contributed by atoms with Crippen molar-refractivity contribution in [1.82, 2.24) is 14.7 Å². The number of nitrogens with zero attached hydrogens (tertiary/aromatic N) is 3. The van der Waals surface area contributed by atoms with Gasteiger partial charge in [-0.1, -0.05) is 133 Å². The third kappa shape index (κ3) is 20.4. The highest BCUT2D eigenvalue weighted by Gasteiger charge is 2.00. The van der Waals surface area contributed by atoms with Gasteiger partial charge in [0.25, 0.3) is 0 Å². The van der Waals surface area contributed by atoms with Crippen molar-refractivity contribution in [2.75, 3.05) is 39.3 Å². The molecule has 40 heavy (non-hydrogen) atoms. The van der Waals surface area contributed by atoms with E-state index in [0.29, 0.717) is 0 Å². The SMILES string of the molecule is CCN(CC)Cc1ccccc1.CCN(CC)Cc1ccccc1.CCN(CC)Cc1ccccc1.OB(O)O. The van der Waals surface area contributed by atoms with Gasteiger partial charge in [-0.05, 0) is 56.0 Å². The molecular weight excluding hydrogens is 497 g/mol. The van der Waals surface area contributed by atoms with Gasteiger partial charge in [0.2, 0.25) is 0 Å². The van der Waals surface area contributed by atoms with Gasteiger partial charge >= 0.3 is 7.32 Å². The molecule has 3 N–H and O–H groups in total. The van der Waals surface area contributed by atoms with Gasteiger partial charge in [0, 0.05) is 19.6 Å². The number of hydrogen-bond acceptors (Lipinski definition) is 6. The number of benzene rings is 3. The Morgan fingerprint density at radius 1 is 0.400 bits per heavy atom. The van der Waals surface area contributed by atoms with Crippen LogP contribution in [0.15, 0.2) is 91.0 Å². The van der Waals surface area contributed by atoms with Crippen LogP contribution in [0.1, 0.15) is 58.2 Å². The Hall–Kier alpha value is -2.52. The largest absolute Gasteiger partial charge is 0.631 e. The van der Waals surface area contributed by atoms with E-state index in [1.165, 1.54) is 16.7 Å². The second-order valence-corrected chi connectivity index (χ2v) is 9.19. The minimum atomic E-state index is -2.17. The first-order valence-corrected chi connectivity index (χ1v) is 14.7. The summed E-state index contributed by atoms with van der Waals surface area (Å²) in [5.41, 5.74) is 4.21. The lowest BCUT2D eigenvalue weighted by molar-refractivity contribution is 0.278. The zero-order valence-corrected chi connectivity index (χ0v) is 25.8. The zero-order valence-electron chi connectivity index (χ0n) is 25.8. The minimum Gasteiger partial charge on any atom is -0.402 e. The fraction of sp³-hybridized carbons (Fsp3) is 0.455. The summed E-state index contributed by atoms with van der Waals surface area (Å²) in [5, 5.41) is 21.5. The number of rotatable bonds is 12. The lowest BCUT2D eigenvalue weighted by atomic mass is 10.2. The summed E-state index contributed by atoms with van der Waals surface area (Å²) < 4.78 is 0. The summed E-state index contributed by atoms with van der Waals surface area (Å²) in [5.74, 6) is 0. The Morgan fingerprint density at radius 3 is 0.725 bits per heavy atom. The Balaban J connectivity index is 0.000000534. The molecule has 0 saturated heterocycles. The summed E-state index contributed by atoms with van der Waals surface area (Å²) >= 11 is 0. The average Bonchev–Trinajstić information content (AvgIpc) is 2.99. The molecule has 0 fully saturated rings. The molecule has 0 spiro atoms. The van der Waals surface area contributed by atoms with Crippen molar-refractivity contribution >= 4 is 7.32 Å². The first-order chi connectivity index (χ1) is 19.3. The van der Waals surface area contributed by atoms with Crippen LogP contribution < -0.4 is 0 Å². The highest BCUT2D eigenvalue weighted by atomic mass is 16.5. The lowest BCUT2D eigenvalue weighted by Gasteiger charge is -2.17. The maximum atomic E-state index is 7.17. The molecule has 3 aromatic carbocycles. The van der Waals surface area contributed by atoms with Crippen molar-refractivity contribution < 1.29 is 15.1 Å². The topological polar surface area (TPSA) is 70.4 Å². The van der Waals surface area contributed by atoms with Crippen LogP contribution in [0.25, 0.3) is 0 Å². The van der Waals surface area contributed by atoms with E-state index in [1.54, 1.807) is 0 Å². The van der Waals surface area contributed by atoms with Crippen LogP contribution in [-0.2, 0) is 19.6 Å². The van der Waals surface area contributed by atoms with E-state index in [0.717, 1.165) is 58.9 Å². The highest BCUT2D eigenvalue weighted by molar-refractivity contribution is 6.30. The van der Waals surface area contributed by atoms with Crippen LogP contribution in [0.5, 0.6) is 0 Å². The Morgan fingerprint density at radius 2 is 0.575 bits per heavy atom. The molecule has 6 nitrogen and oxygen atoms in total. The van der Waals surface area contributed by atoms with Gasteiger partial charge in [0.15, 0.2) is 0 Å². The van der Waals surface area contributed by atoms with Gasteiger partial charge in [0.1, 0.15) is 0 Å². The molecule has 0 aliphatic carbocycles. The Bertz CT molecular complexity index is 786. The molecule has 0 aliphatic heterocycles. The molecule has 3 rings (SSSR count). The molecule has 0 aliphatic rings. The van der Waals surface area contributed by atoms with Gasteiger partial charge < -0.3 is 15.1 Å². The molecule has 0 radical (unpaired) electrons. The quantitative estimate of drug-likeness (QED) is 0.257. The van der Waals surface area contributed by atoms with Crippen molar-refractivity contribution in [3.05, 3.63) is 108 Å². The summed E-state index contributed by atoms with van der Waals surface area (Å²) in [7, 11) is -2.17. The van der Waals surface area contributed by atoms with Crippen LogP contribution in [0.3, 0.4) is 0 Å². The van der Waals surface area contributed by atoms with Crippen molar-refractivity contribution in [2.24, 2.45) is 0 Å². The molecule has 222 valence electrons.